The van der Waals surface area contributed by atoms with Crippen molar-refractivity contribution in [2.75, 3.05) is 6.61 Å². The molecule has 0 saturated carbocycles. The lowest BCUT2D eigenvalue weighted by Crippen LogP contribution is -2.43. The predicted molar refractivity (Wildman–Crippen MR) is 100 cm³/mol. The van der Waals surface area contributed by atoms with Gasteiger partial charge in [0.15, 0.2) is 18.2 Å². The number of halogens is 1. The third-order valence-corrected chi connectivity index (χ3v) is 3.83. The first kappa shape index (κ1) is 19.1. The van der Waals surface area contributed by atoms with E-state index in [1.54, 1.807) is 16.9 Å². The number of nitrogens with zero attached hydrogens (tertiary/aromatic N) is 2. The number of aromatic nitrogens is 2. The van der Waals surface area contributed by atoms with Crippen molar-refractivity contribution in [3.8, 4) is 11.4 Å². The van der Waals surface area contributed by atoms with Crippen LogP contribution in [0, 0.1) is 5.82 Å². The van der Waals surface area contributed by atoms with Crippen molar-refractivity contribution in [3.63, 3.8) is 0 Å². The minimum absolute atomic E-state index is 0.0283. The second-order valence-corrected chi connectivity index (χ2v) is 5.94. The number of hydrogen-bond acceptors (Lipinski definition) is 4. The molecule has 0 radical (unpaired) electrons. The number of amides is 2. The number of nitrogens with one attached hydrogen (secondary N) is 2. The van der Waals surface area contributed by atoms with Crippen molar-refractivity contribution in [1.29, 1.82) is 0 Å². The van der Waals surface area contributed by atoms with Gasteiger partial charge in [0, 0.05) is 12.6 Å². The molecule has 1 heterocycles. The van der Waals surface area contributed by atoms with E-state index in [1.165, 1.54) is 18.2 Å². The van der Waals surface area contributed by atoms with Gasteiger partial charge < -0.3 is 4.74 Å². The lowest BCUT2D eigenvalue weighted by Gasteiger charge is -2.09. The number of carbonyl (C=O) groups excluding carboxylic acids is 2. The maximum atomic E-state index is 13.4. The summed E-state index contributed by atoms with van der Waals surface area (Å²) in [5, 5.41) is 4.27. The van der Waals surface area contributed by atoms with Gasteiger partial charge in [0.1, 0.15) is 0 Å². The van der Waals surface area contributed by atoms with Gasteiger partial charge in [-0.1, -0.05) is 30.3 Å². The molecule has 0 fully saturated rings. The smallest absolute Gasteiger partial charge is 0.276 e. The average molecular weight is 382 g/mol. The highest BCUT2D eigenvalue weighted by molar-refractivity contribution is 5.82. The van der Waals surface area contributed by atoms with E-state index in [0.717, 1.165) is 11.3 Å². The second kappa shape index (κ2) is 9.31. The number of aryl methyl sites for hydroxylation is 1. The molecule has 0 unspecified atom stereocenters. The quantitative estimate of drug-likeness (QED) is 0.614. The van der Waals surface area contributed by atoms with E-state index in [4.69, 9.17) is 4.74 Å². The monoisotopic (exact) mass is 382 g/mol. The lowest BCUT2D eigenvalue weighted by atomic mass is 10.2. The van der Waals surface area contributed by atoms with Crippen molar-refractivity contribution in [3.05, 3.63) is 78.4 Å². The number of benzene rings is 2. The Morgan fingerprint density at radius 2 is 1.71 bits per heavy atom. The molecular formula is C20H19FN4O3. The SMILES string of the molecule is O=C(CCc1cnn(-c2ccccc2)c1)NNC(=O)COc1ccccc1F. The molecule has 1 aromatic heterocycles. The Kier molecular flexibility index (Phi) is 6.35. The molecule has 0 saturated heterocycles. The number of para-hydroxylation sites is 2. The molecule has 3 rings (SSSR count). The van der Waals surface area contributed by atoms with Gasteiger partial charge in [0.2, 0.25) is 5.91 Å². The van der Waals surface area contributed by atoms with Gasteiger partial charge in [0.25, 0.3) is 5.91 Å². The summed E-state index contributed by atoms with van der Waals surface area (Å²) in [6.07, 6.45) is 4.19. The van der Waals surface area contributed by atoms with Crippen molar-refractivity contribution in [2.45, 2.75) is 12.8 Å². The highest BCUT2D eigenvalue weighted by Gasteiger charge is 2.09. The summed E-state index contributed by atoms with van der Waals surface area (Å²) in [6.45, 7) is -0.412. The van der Waals surface area contributed by atoms with Gasteiger partial charge in [-0.3, -0.25) is 20.4 Å². The van der Waals surface area contributed by atoms with Crippen molar-refractivity contribution in [1.82, 2.24) is 20.6 Å². The molecule has 144 valence electrons. The first-order valence-electron chi connectivity index (χ1n) is 8.66. The summed E-state index contributed by atoms with van der Waals surface area (Å²) in [5.41, 5.74) is 6.36. The number of ether oxygens (including phenoxy) is 1. The standard InChI is InChI=1S/C20H19FN4O3/c21-17-8-4-5-9-18(17)28-14-20(27)24-23-19(26)11-10-15-12-22-25(13-15)16-6-2-1-3-7-16/h1-9,12-13H,10-11,14H2,(H,23,26)(H,24,27). The van der Waals surface area contributed by atoms with Crippen LogP contribution in [0.25, 0.3) is 5.69 Å². The Bertz CT molecular complexity index is 943. The molecule has 0 aliphatic heterocycles. The summed E-state index contributed by atoms with van der Waals surface area (Å²) >= 11 is 0. The Morgan fingerprint density at radius 1 is 1.00 bits per heavy atom. The van der Waals surface area contributed by atoms with Crippen LogP contribution in [0.2, 0.25) is 0 Å². The van der Waals surface area contributed by atoms with Crippen LogP contribution in [0.1, 0.15) is 12.0 Å². The van der Waals surface area contributed by atoms with Crippen LogP contribution in [0.4, 0.5) is 4.39 Å². The molecule has 2 amide bonds. The fourth-order valence-corrected chi connectivity index (χ4v) is 2.41. The molecule has 2 N–H and O–H groups in total. The topological polar surface area (TPSA) is 85.3 Å². The summed E-state index contributed by atoms with van der Waals surface area (Å²) < 4.78 is 20.2. The van der Waals surface area contributed by atoms with Gasteiger partial charge in [0.05, 0.1) is 11.9 Å². The van der Waals surface area contributed by atoms with E-state index in [1.807, 2.05) is 36.5 Å². The predicted octanol–water partition coefficient (Wildman–Crippen LogP) is 2.17. The number of hydrogen-bond donors (Lipinski definition) is 2. The van der Waals surface area contributed by atoms with Gasteiger partial charge >= 0.3 is 0 Å². The van der Waals surface area contributed by atoms with Crippen LogP contribution in [0.15, 0.2) is 67.0 Å². The van der Waals surface area contributed by atoms with E-state index in [2.05, 4.69) is 16.0 Å². The molecule has 0 aliphatic carbocycles. The first-order chi connectivity index (χ1) is 13.6. The fraction of sp³-hybridized carbons (Fsp3) is 0.150. The minimum Gasteiger partial charge on any atom is -0.481 e. The third-order valence-electron chi connectivity index (χ3n) is 3.83. The van der Waals surface area contributed by atoms with E-state index >= 15 is 0 Å². The number of rotatable bonds is 7. The first-order valence-corrected chi connectivity index (χ1v) is 8.66. The Hall–Kier alpha value is -3.68. The fourth-order valence-electron chi connectivity index (χ4n) is 2.41. The van der Waals surface area contributed by atoms with Gasteiger partial charge in [-0.05, 0) is 36.2 Å². The van der Waals surface area contributed by atoms with E-state index < -0.39 is 18.3 Å². The molecule has 0 bridgehead atoms. The zero-order valence-corrected chi connectivity index (χ0v) is 15.0. The average Bonchev–Trinajstić information content (AvgIpc) is 3.20. The Labute approximate surface area is 161 Å². The zero-order chi connectivity index (χ0) is 19.8. The summed E-state index contributed by atoms with van der Waals surface area (Å²) in [7, 11) is 0. The highest BCUT2D eigenvalue weighted by atomic mass is 19.1. The van der Waals surface area contributed by atoms with Crippen LogP contribution >= 0.6 is 0 Å². The normalized spacial score (nSPS) is 10.3. The number of carbonyl (C=O) groups is 2. The van der Waals surface area contributed by atoms with Crippen molar-refractivity contribution >= 4 is 11.8 Å². The number of hydrazine groups is 1. The molecule has 28 heavy (non-hydrogen) atoms. The molecule has 8 heteroatoms. The maximum Gasteiger partial charge on any atom is 0.276 e. The van der Waals surface area contributed by atoms with Crippen LogP contribution in [-0.4, -0.2) is 28.2 Å². The molecule has 3 aromatic rings. The van der Waals surface area contributed by atoms with E-state index in [0.29, 0.717) is 6.42 Å². The Morgan fingerprint density at radius 3 is 2.50 bits per heavy atom. The molecule has 7 nitrogen and oxygen atoms in total. The van der Waals surface area contributed by atoms with Crippen molar-refractivity contribution < 1.29 is 18.7 Å². The highest BCUT2D eigenvalue weighted by Crippen LogP contribution is 2.14. The second-order valence-electron chi connectivity index (χ2n) is 5.94. The molecule has 0 spiro atoms. The van der Waals surface area contributed by atoms with Crippen LogP contribution < -0.4 is 15.6 Å². The Balaban J connectivity index is 1.38. The molecule has 0 aliphatic rings. The summed E-state index contributed by atoms with van der Waals surface area (Å²) in [4.78, 5) is 23.6. The van der Waals surface area contributed by atoms with E-state index in [-0.39, 0.29) is 18.1 Å². The zero-order valence-electron chi connectivity index (χ0n) is 15.0. The summed E-state index contributed by atoms with van der Waals surface area (Å²) in [5.74, 6) is -1.53. The molecular weight excluding hydrogens is 363 g/mol. The summed E-state index contributed by atoms with van der Waals surface area (Å²) in [6, 6.07) is 15.4. The minimum atomic E-state index is -0.589. The lowest BCUT2D eigenvalue weighted by molar-refractivity contribution is -0.130. The largest absolute Gasteiger partial charge is 0.481 e. The van der Waals surface area contributed by atoms with Crippen molar-refractivity contribution in [2.24, 2.45) is 0 Å². The van der Waals surface area contributed by atoms with Crippen LogP contribution in [0.5, 0.6) is 5.75 Å². The van der Waals surface area contributed by atoms with Crippen LogP contribution in [0.3, 0.4) is 0 Å². The molecule has 0 atom stereocenters. The third kappa shape index (κ3) is 5.41. The van der Waals surface area contributed by atoms with E-state index in [9.17, 15) is 14.0 Å². The van der Waals surface area contributed by atoms with Gasteiger partial charge in [-0.2, -0.15) is 5.10 Å². The molecule has 2 aromatic carbocycles. The van der Waals surface area contributed by atoms with Gasteiger partial charge in [-0.15, -0.1) is 0 Å². The van der Waals surface area contributed by atoms with Gasteiger partial charge in [-0.25, -0.2) is 9.07 Å². The maximum absolute atomic E-state index is 13.4. The van der Waals surface area contributed by atoms with Crippen LogP contribution in [-0.2, 0) is 16.0 Å².